The number of aliphatic hydroxyl groups is 1. The number of rotatable bonds is 3. The van der Waals surface area contributed by atoms with Gasteiger partial charge in [0, 0.05) is 39.8 Å². The van der Waals surface area contributed by atoms with Crippen LogP contribution in [0.5, 0.6) is 0 Å². The lowest BCUT2D eigenvalue weighted by atomic mass is 10.1. The van der Waals surface area contributed by atoms with Crippen LogP contribution in [0, 0.1) is 0 Å². The van der Waals surface area contributed by atoms with Crippen LogP contribution in [0.1, 0.15) is 13.8 Å². The molecule has 0 bridgehead atoms. The fourth-order valence-corrected chi connectivity index (χ4v) is 2.01. The summed E-state index contributed by atoms with van der Waals surface area (Å²) >= 11 is 0. The number of aliphatic hydroxyl groups excluding tert-OH is 1. The molecule has 3 unspecified atom stereocenters. The number of carbonyl (C=O) groups is 1. The molecular weight excluding hydrogens is 206 g/mol. The van der Waals surface area contributed by atoms with Gasteiger partial charge in [0.15, 0.2) is 0 Å². The first-order valence-electron chi connectivity index (χ1n) is 5.81. The molecule has 1 amide bonds. The van der Waals surface area contributed by atoms with E-state index < -0.39 is 6.10 Å². The number of amides is 1. The first-order chi connectivity index (χ1) is 7.45. The van der Waals surface area contributed by atoms with Crippen LogP contribution in [0.2, 0.25) is 0 Å². The highest BCUT2D eigenvalue weighted by Gasteiger charge is 2.33. The number of nitrogens with one attached hydrogen (secondary N) is 1. The summed E-state index contributed by atoms with van der Waals surface area (Å²) in [5.41, 5.74) is 0. The van der Waals surface area contributed by atoms with Crippen LogP contribution in [-0.4, -0.2) is 72.7 Å². The minimum atomic E-state index is -0.421. The molecule has 0 aromatic carbocycles. The number of nitrogens with zero attached hydrogens (tertiary/aromatic N) is 2. The Morgan fingerprint density at radius 2 is 2.12 bits per heavy atom. The van der Waals surface area contributed by atoms with E-state index in [0.29, 0.717) is 6.54 Å². The van der Waals surface area contributed by atoms with Gasteiger partial charge in [-0.05, 0) is 13.8 Å². The van der Waals surface area contributed by atoms with E-state index in [1.807, 2.05) is 6.92 Å². The molecular formula is C11H23N3O2. The highest BCUT2D eigenvalue weighted by molar-refractivity contribution is 5.81. The van der Waals surface area contributed by atoms with Gasteiger partial charge in [0.2, 0.25) is 5.91 Å². The van der Waals surface area contributed by atoms with Crippen molar-refractivity contribution in [1.29, 1.82) is 0 Å². The lowest BCUT2D eigenvalue weighted by Crippen LogP contribution is -2.61. The van der Waals surface area contributed by atoms with Crippen molar-refractivity contribution in [2.75, 3.05) is 33.7 Å². The molecule has 0 saturated carbocycles. The second-order valence-corrected chi connectivity index (χ2v) is 4.67. The average Bonchev–Trinajstić information content (AvgIpc) is 2.26. The molecule has 94 valence electrons. The summed E-state index contributed by atoms with van der Waals surface area (Å²) in [7, 11) is 3.53. The number of carbonyl (C=O) groups excluding carboxylic acids is 1. The smallest absolute Gasteiger partial charge is 0.240 e. The van der Waals surface area contributed by atoms with E-state index in [2.05, 4.69) is 10.2 Å². The summed E-state index contributed by atoms with van der Waals surface area (Å²) in [5.74, 6) is 0.0969. The number of hydrogen-bond acceptors (Lipinski definition) is 4. The van der Waals surface area contributed by atoms with Gasteiger partial charge in [0.1, 0.15) is 6.04 Å². The van der Waals surface area contributed by atoms with Crippen LogP contribution < -0.4 is 5.32 Å². The van der Waals surface area contributed by atoms with Crippen LogP contribution >= 0.6 is 0 Å². The van der Waals surface area contributed by atoms with E-state index >= 15 is 0 Å². The van der Waals surface area contributed by atoms with Gasteiger partial charge in [-0.2, -0.15) is 0 Å². The average molecular weight is 229 g/mol. The van der Waals surface area contributed by atoms with Crippen molar-refractivity contribution in [1.82, 2.24) is 15.1 Å². The Bertz CT molecular complexity index is 243. The van der Waals surface area contributed by atoms with Crippen molar-refractivity contribution in [2.45, 2.75) is 32.0 Å². The Morgan fingerprint density at radius 3 is 2.62 bits per heavy atom. The molecule has 1 saturated heterocycles. The lowest BCUT2D eigenvalue weighted by Gasteiger charge is -2.41. The van der Waals surface area contributed by atoms with Crippen LogP contribution in [0.3, 0.4) is 0 Å². The zero-order valence-corrected chi connectivity index (χ0v) is 10.6. The lowest BCUT2D eigenvalue weighted by molar-refractivity contribution is -0.137. The first kappa shape index (κ1) is 13.4. The van der Waals surface area contributed by atoms with E-state index in [4.69, 9.17) is 0 Å². The summed E-state index contributed by atoms with van der Waals surface area (Å²) < 4.78 is 0. The predicted molar refractivity (Wildman–Crippen MR) is 63.2 cm³/mol. The first-order valence-corrected chi connectivity index (χ1v) is 5.81. The Labute approximate surface area is 97.4 Å². The molecule has 5 heteroatoms. The quantitative estimate of drug-likeness (QED) is 0.660. The van der Waals surface area contributed by atoms with Gasteiger partial charge in [-0.1, -0.05) is 0 Å². The molecule has 0 radical (unpaired) electrons. The van der Waals surface area contributed by atoms with Gasteiger partial charge in [0.05, 0.1) is 6.10 Å². The van der Waals surface area contributed by atoms with Gasteiger partial charge < -0.3 is 15.3 Å². The summed E-state index contributed by atoms with van der Waals surface area (Å²) in [6, 6.07) is -0.149. The van der Waals surface area contributed by atoms with Gasteiger partial charge in [0.25, 0.3) is 0 Å². The van der Waals surface area contributed by atoms with E-state index in [1.165, 1.54) is 0 Å². The summed E-state index contributed by atoms with van der Waals surface area (Å²) in [5, 5.41) is 12.8. The van der Waals surface area contributed by atoms with Crippen molar-refractivity contribution < 1.29 is 9.90 Å². The molecule has 0 spiro atoms. The van der Waals surface area contributed by atoms with Crippen molar-refractivity contribution in [3.8, 4) is 0 Å². The molecule has 5 nitrogen and oxygen atoms in total. The third kappa shape index (κ3) is 2.93. The molecule has 2 N–H and O–H groups in total. The maximum absolute atomic E-state index is 12.0. The summed E-state index contributed by atoms with van der Waals surface area (Å²) in [4.78, 5) is 15.7. The molecule has 0 aliphatic carbocycles. The fourth-order valence-electron chi connectivity index (χ4n) is 2.01. The molecule has 1 aliphatic rings. The van der Waals surface area contributed by atoms with Crippen LogP contribution in [0.25, 0.3) is 0 Å². The third-order valence-electron chi connectivity index (χ3n) is 3.23. The predicted octanol–water partition coefficient (Wildman–Crippen LogP) is -0.882. The summed E-state index contributed by atoms with van der Waals surface area (Å²) in [6.45, 7) is 6.06. The van der Waals surface area contributed by atoms with E-state index in [9.17, 15) is 9.90 Å². The molecule has 3 atom stereocenters. The molecule has 1 heterocycles. The molecule has 1 fully saturated rings. The zero-order chi connectivity index (χ0) is 12.3. The Kier molecular flexibility index (Phi) is 4.70. The second kappa shape index (κ2) is 5.61. The van der Waals surface area contributed by atoms with Crippen molar-refractivity contribution in [3.05, 3.63) is 0 Å². The number of piperazine rings is 1. The maximum Gasteiger partial charge on any atom is 0.240 e. The monoisotopic (exact) mass is 229 g/mol. The standard InChI is InChI=1S/C11H23N3O2/c1-8(9(2)15)14-6-5-12-7-10(14)11(16)13(3)4/h8-10,12,15H,5-7H2,1-4H3. The van der Waals surface area contributed by atoms with Crippen molar-refractivity contribution in [2.24, 2.45) is 0 Å². The molecule has 0 aromatic rings. The van der Waals surface area contributed by atoms with Gasteiger partial charge >= 0.3 is 0 Å². The van der Waals surface area contributed by atoms with Crippen molar-refractivity contribution >= 4 is 5.91 Å². The van der Waals surface area contributed by atoms with Crippen LogP contribution in [-0.2, 0) is 4.79 Å². The van der Waals surface area contributed by atoms with Crippen LogP contribution in [0.15, 0.2) is 0 Å². The van der Waals surface area contributed by atoms with E-state index in [0.717, 1.165) is 13.1 Å². The summed E-state index contributed by atoms with van der Waals surface area (Å²) in [6.07, 6.45) is -0.421. The Balaban J connectivity index is 2.74. The normalized spacial score (nSPS) is 26.2. The van der Waals surface area contributed by atoms with Crippen LogP contribution in [0.4, 0.5) is 0 Å². The second-order valence-electron chi connectivity index (χ2n) is 4.67. The highest BCUT2D eigenvalue weighted by Crippen LogP contribution is 2.13. The molecule has 16 heavy (non-hydrogen) atoms. The zero-order valence-electron chi connectivity index (χ0n) is 10.6. The molecule has 1 aliphatic heterocycles. The fraction of sp³-hybridized carbons (Fsp3) is 0.909. The minimum absolute atomic E-state index is 0.0102. The SMILES string of the molecule is CC(O)C(C)N1CCNCC1C(=O)N(C)C. The number of likely N-dealkylation sites (N-methyl/N-ethyl adjacent to an activating group) is 1. The molecule has 1 rings (SSSR count). The van der Waals surface area contributed by atoms with E-state index in [-0.39, 0.29) is 18.0 Å². The Morgan fingerprint density at radius 1 is 1.50 bits per heavy atom. The number of hydrogen-bond donors (Lipinski definition) is 2. The van der Waals surface area contributed by atoms with Gasteiger partial charge in [-0.25, -0.2) is 0 Å². The van der Waals surface area contributed by atoms with Crippen molar-refractivity contribution in [3.63, 3.8) is 0 Å². The topological polar surface area (TPSA) is 55.8 Å². The third-order valence-corrected chi connectivity index (χ3v) is 3.23. The molecule has 0 aromatic heterocycles. The largest absolute Gasteiger partial charge is 0.392 e. The van der Waals surface area contributed by atoms with Gasteiger partial charge in [-0.3, -0.25) is 9.69 Å². The highest BCUT2D eigenvalue weighted by atomic mass is 16.3. The maximum atomic E-state index is 12.0. The Hall–Kier alpha value is -0.650. The van der Waals surface area contributed by atoms with E-state index in [1.54, 1.807) is 25.9 Å². The minimum Gasteiger partial charge on any atom is -0.392 e. The van der Waals surface area contributed by atoms with Gasteiger partial charge in [-0.15, -0.1) is 0 Å².